The standard InChI is InChI=1S/C15H24N2O/c1-2-9-17(15-7-10-18-11-8-15)14-5-3-13(12-16)4-6-14/h3-6,15H,2,7-12,16H2,1H3. The molecule has 0 spiro atoms. The Labute approximate surface area is 110 Å². The molecule has 1 saturated heterocycles. The summed E-state index contributed by atoms with van der Waals surface area (Å²) in [6, 6.07) is 9.30. The van der Waals surface area contributed by atoms with Crippen molar-refractivity contribution in [3.05, 3.63) is 29.8 Å². The quantitative estimate of drug-likeness (QED) is 0.870. The zero-order chi connectivity index (χ0) is 12.8. The topological polar surface area (TPSA) is 38.5 Å². The first kappa shape index (κ1) is 13.4. The fraction of sp³-hybridized carbons (Fsp3) is 0.600. The molecule has 0 aromatic heterocycles. The van der Waals surface area contributed by atoms with Crippen LogP contribution in [-0.4, -0.2) is 25.8 Å². The third-order valence-electron chi connectivity index (χ3n) is 3.60. The third kappa shape index (κ3) is 3.24. The fourth-order valence-corrected chi connectivity index (χ4v) is 2.58. The maximum Gasteiger partial charge on any atom is 0.0485 e. The molecule has 0 radical (unpaired) electrons. The number of hydrogen-bond donors (Lipinski definition) is 1. The minimum Gasteiger partial charge on any atom is -0.381 e. The molecule has 0 unspecified atom stereocenters. The van der Waals surface area contributed by atoms with Gasteiger partial charge in [-0.25, -0.2) is 0 Å². The molecular formula is C15H24N2O. The van der Waals surface area contributed by atoms with Gasteiger partial charge in [-0.15, -0.1) is 0 Å². The summed E-state index contributed by atoms with van der Waals surface area (Å²) in [5.74, 6) is 0. The summed E-state index contributed by atoms with van der Waals surface area (Å²) in [6.45, 7) is 5.76. The van der Waals surface area contributed by atoms with Gasteiger partial charge in [0, 0.05) is 38.0 Å². The van der Waals surface area contributed by atoms with E-state index in [-0.39, 0.29) is 0 Å². The van der Waals surface area contributed by atoms with Crippen LogP contribution < -0.4 is 10.6 Å². The summed E-state index contributed by atoms with van der Waals surface area (Å²) >= 11 is 0. The lowest BCUT2D eigenvalue weighted by Crippen LogP contribution is -2.40. The van der Waals surface area contributed by atoms with Gasteiger partial charge in [0.2, 0.25) is 0 Å². The fourth-order valence-electron chi connectivity index (χ4n) is 2.58. The second-order valence-corrected chi connectivity index (χ2v) is 4.91. The van der Waals surface area contributed by atoms with Gasteiger partial charge in [0.15, 0.2) is 0 Å². The van der Waals surface area contributed by atoms with E-state index in [1.54, 1.807) is 0 Å². The van der Waals surface area contributed by atoms with E-state index < -0.39 is 0 Å². The Morgan fingerprint density at radius 1 is 1.22 bits per heavy atom. The van der Waals surface area contributed by atoms with Crippen LogP contribution >= 0.6 is 0 Å². The molecule has 18 heavy (non-hydrogen) atoms. The normalized spacial score (nSPS) is 16.8. The van der Waals surface area contributed by atoms with Crippen LogP contribution in [0.2, 0.25) is 0 Å². The zero-order valence-corrected chi connectivity index (χ0v) is 11.3. The molecule has 2 rings (SSSR count). The molecule has 1 aromatic carbocycles. The van der Waals surface area contributed by atoms with Crippen LogP contribution in [0.3, 0.4) is 0 Å². The average molecular weight is 248 g/mol. The van der Waals surface area contributed by atoms with Crippen molar-refractivity contribution in [3.8, 4) is 0 Å². The van der Waals surface area contributed by atoms with Crippen molar-refractivity contribution in [3.63, 3.8) is 0 Å². The monoisotopic (exact) mass is 248 g/mol. The van der Waals surface area contributed by atoms with Crippen LogP contribution in [0, 0.1) is 0 Å². The third-order valence-corrected chi connectivity index (χ3v) is 3.60. The Balaban J connectivity index is 2.11. The summed E-state index contributed by atoms with van der Waals surface area (Å²) in [4.78, 5) is 2.53. The van der Waals surface area contributed by atoms with Crippen molar-refractivity contribution < 1.29 is 4.74 Å². The van der Waals surface area contributed by atoms with E-state index >= 15 is 0 Å². The molecule has 0 bridgehead atoms. The number of benzene rings is 1. The van der Waals surface area contributed by atoms with E-state index in [0.717, 1.165) is 32.6 Å². The minimum absolute atomic E-state index is 0.616. The van der Waals surface area contributed by atoms with E-state index in [0.29, 0.717) is 12.6 Å². The van der Waals surface area contributed by atoms with Crippen LogP contribution in [0.15, 0.2) is 24.3 Å². The van der Waals surface area contributed by atoms with Gasteiger partial charge in [-0.1, -0.05) is 19.1 Å². The molecule has 0 saturated carbocycles. The van der Waals surface area contributed by atoms with Crippen LogP contribution in [0.5, 0.6) is 0 Å². The Kier molecular flexibility index (Phi) is 5.02. The smallest absolute Gasteiger partial charge is 0.0485 e. The van der Waals surface area contributed by atoms with Crippen LogP contribution in [0.25, 0.3) is 0 Å². The first-order valence-electron chi connectivity index (χ1n) is 6.98. The van der Waals surface area contributed by atoms with Crippen LogP contribution in [-0.2, 0) is 11.3 Å². The van der Waals surface area contributed by atoms with Gasteiger partial charge >= 0.3 is 0 Å². The molecule has 0 amide bonds. The van der Waals surface area contributed by atoms with E-state index in [1.807, 2.05) is 0 Å². The zero-order valence-electron chi connectivity index (χ0n) is 11.3. The lowest BCUT2D eigenvalue weighted by atomic mass is 10.1. The number of nitrogens with zero attached hydrogens (tertiary/aromatic N) is 1. The SMILES string of the molecule is CCCN(c1ccc(CN)cc1)C1CCOCC1. The molecule has 1 heterocycles. The highest BCUT2D eigenvalue weighted by atomic mass is 16.5. The average Bonchev–Trinajstić information content (AvgIpc) is 2.46. The Morgan fingerprint density at radius 3 is 2.44 bits per heavy atom. The molecule has 2 N–H and O–H groups in total. The van der Waals surface area contributed by atoms with Gasteiger partial charge < -0.3 is 15.4 Å². The van der Waals surface area contributed by atoms with E-state index in [4.69, 9.17) is 10.5 Å². The molecule has 1 aromatic rings. The minimum atomic E-state index is 0.616. The van der Waals surface area contributed by atoms with Crippen molar-refractivity contribution >= 4 is 5.69 Å². The number of ether oxygens (including phenoxy) is 1. The second-order valence-electron chi connectivity index (χ2n) is 4.91. The Bertz CT molecular complexity index is 344. The highest BCUT2D eigenvalue weighted by molar-refractivity contribution is 5.48. The summed E-state index contributed by atoms with van der Waals surface area (Å²) < 4.78 is 5.46. The predicted octanol–water partition coefficient (Wildman–Crippen LogP) is 2.54. The van der Waals surface area contributed by atoms with Crippen molar-refractivity contribution in [2.75, 3.05) is 24.7 Å². The highest BCUT2D eigenvalue weighted by Gasteiger charge is 2.21. The number of rotatable bonds is 5. The molecular weight excluding hydrogens is 224 g/mol. The van der Waals surface area contributed by atoms with E-state index in [9.17, 15) is 0 Å². The van der Waals surface area contributed by atoms with Crippen molar-refractivity contribution in [1.82, 2.24) is 0 Å². The van der Waals surface area contributed by atoms with E-state index in [1.165, 1.54) is 17.7 Å². The van der Waals surface area contributed by atoms with Crippen molar-refractivity contribution in [2.24, 2.45) is 5.73 Å². The molecule has 3 heteroatoms. The van der Waals surface area contributed by atoms with Crippen LogP contribution in [0.1, 0.15) is 31.7 Å². The summed E-state index contributed by atoms with van der Waals surface area (Å²) in [5.41, 5.74) is 8.16. The predicted molar refractivity (Wildman–Crippen MR) is 75.8 cm³/mol. The van der Waals surface area contributed by atoms with Crippen molar-refractivity contribution in [1.29, 1.82) is 0 Å². The number of anilines is 1. The van der Waals surface area contributed by atoms with Gasteiger partial charge in [0.05, 0.1) is 0 Å². The molecule has 3 nitrogen and oxygen atoms in total. The maximum absolute atomic E-state index is 5.65. The molecule has 1 aliphatic heterocycles. The summed E-state index contributed by atoms with van der Waals surface area (Å²) in [7, 11) is 0. The number of hydrogen-bond acceptors (Lipinski definition) is 3. The Morgan fingerprint density at radius 2 is 1.89 bits per heavy atom. The first-order chi connectivity index (χ1) is 8.85. The van der Waals surface area contributed by atoms with Crippen molar-refractivity contribution in [2.45, 2.75) is 38.8 Å². The molecule has 0 atom stereocenters. The van der Waals surface area contributed by atoms with Crippen LogP contribution in [0.4, 0.5) is 5.69 Å². The number of nitrogens with two attached hydrogens (primary N) is 1. The lowest BCUT2D eigenvalue weighted by Gasteiger charge is -2.36. The summed E-state index contributed by atoms with van der Waals surface area (Å²) in [5, 5.41) is 0. The van der Waals surface area contributed by atoms with Gasteiger partial charge in [-0.2, -0.15) is 0 Å². The molecule has 100 valence electrons. The second kappa shape index (κ2) is 6.76. The van der Waals surface area contributed by atoms with E-state index in [2.05, 4.69) is 36.1 Å². The van der Waals surface area contributed by atoms with Gasteiger partial charge in [-0.05, 0) is 37.0 Å². The highest BCUT2D eigenvalue weighted by Crippen LogP contribution is 2.23. The lowest BCUT2D eigenvalue weighted by molar-refractivity contribution is 0.0844. The Hall–Kier alpha value is -1.06. The molecule has 0 aliphatic carbocycles. The maximum atomic E-state index is 5.65. The largest absolute Gasteiger partial charge is 0.381 e. The van der Waals surface area contributed by atoms with Gasteiger partial charge in [0.25, 0.3) is 0 Å². The summed E-state index contributed by atoms with van der Waals surface area (Å²) in [6.07, 6.45) is 3.45. The van der Waals surface area contributed by atoms with Gasteiger partial charge in [0.1, 0.15) is 0 Å². The first-order valence-corrected chi connectivity index (χ1v) is 6.98. The molecule has 1 fully saturated rings. The van der Waals surface area contributed by atoms with Gasteiger partial charge in [-0.3, -0.25) is 0 Å². The molecule has 1 aliphatic rings.